The zero-order chi connectivity index (χ0) is 22.9. The summed E-state index contributed by atoms with van der Waals surface area (Å²) in [5.41, 5.74) is 6.61. The van der Waals surface area contributed by atoms with Gasteiger partial charge in [-0.2, -0.15) is 4.31 Å². The number of sulfonamides is 1. The third kappa shape index (κ3) is 4.90. The zero-order valence-corrected chi connectivity index (χ0v) is 20.1. The van der Waals surface area contributed by atoms with Crippen LogP contribution in [-0.2, 0) is 27.7 Å². The van der Waals surface area contributed by atoms with E-state index in [4.69, 9.17) is 0 Å². The van der Waals surface area contributed by atoms with Crippen molar-refractivity contribution in [2.75, 3.05) is 38.0 Å². The molecule has 0 atom stereocenters. The van der Waals surface area contributed by atoms with Gasteiger partial charge in [0.2, 0.25) is 15.9 Å². The number of carbonyl (C=O) groups is 1. The molecule has 0 bridgehead atoms. The van der Waals surface area contributed by atoms with E-state index >= 15 is 0 Å². The molecule has 1 aliphatic carbocycles. The Morgan fingerprint density at radius 2 is 1.53 bits per heavy atom. The van der Waals surface area contributed by atoms with Crippen molar-refractivity contribution in [3.8, 4) is 0 Å². The lowest BCUT2D eigenvalue weighted by Gasteiger charge is -2.33. The number of aryl methyl sites for hydroxylation is 5. The maximum Gasteiger partial charge on any atom is 0.243 e. The molecule has 1 fully saturated rings. The van der Waals surface area contributed by atoms with Crippen molar-refractivity contribution < 1.29 is 13.2 Å². The van der Waals surface area contributed by atoms with E-state index in [9.17, 15) is 13.2 Å². The van der Waals surface area contributed by atoms with Crippen LogP contribution in [0.25, 0.3) is 0 Å². The van der Waals surface area contributed by atoms with Gasteiger partial charge < -0.3 is 5.32 Å². The van der Waals surface area contributed by atoms with E-state index in [2.05, 4.69) is 17.4 Å². The van der Waals surface area contributed by atoms with Crippen LogP contribution in [0, 0.1) is 20.8 Å². The minimum absolute atomic E-state index is 0.0638. The van der Waals surface area contributed by atoms with Crippen LogP contribution < -0.4 is 5.32 Å². The molecule has 0 radical (unpaired) electrons. The van der Waals surface area contributed by atoms with Gasteiger partial charge >= 0.3 is 0 Å². The summed E-state index contributed by atoms with van der Waals surface area (Å²) in [6.45, 7) is 8.19. The minimum Gasteiger partial charge on any atom is -0.324 e. The summed E-state index contributed by atoms with van der Waals surface area (Å²) >= 11 is 0. The van der Waals surface area contributed by atoms with E-state index in [1.165, 1.54) is 23.1 Å². The molecule has 2 aromatic carbocycles. The molecule has 32 heavy (non-hydrogen) atoms. The number of hydrogen-bond donors (Lipinski definition) is 1. The van der Waals surface area contributed by atoms with Gasteiger partial charge in [-0.1, -0.05) is 23.8 Å². The molecule has 6 nitrogen and oxygen atoms in total. The summed E-state index contributed by atoms with van der Waals surface area (Å²) in [5.74, 6) is -0.0638. The molecule has 0 saturated carbocycles. The van der Waals surface area contributed by atoms with E-state index in [0.717, 1.165) is 36.1 Å². The predicted molar refractivity (Wildman–Crippen MR) is 128 cm³/mol. The number of fused-ring (bicyclic) bond motifs is 1. The fourth-order valence-corrected chi connectivity index (χ4v) is 6.38. The van der Waals surface area contributed by atoms with Gasteiger partial charge in [0.1, 0.15) is 0 Å². The highest BCUT2D eigenvalue weighted by Crippen LogP contribution is 2.26. The van der Waals surface area contributed by atoms with Crippen molar-refractivity contribution >= 4 is 21.6 Å². The van der Waals surface area contributed by atoms with Crippen molar-refractivity contribution in [3.63, 3.8) is 0 Å². The third-order valence-electron chi connectivity index (χ3n) is 6.60. The van der Waals surface area contributed by atoms with E-state index in [1.54, 1.807) is 10.4 Å². The molecule has 1 N–H and O–H groups in total. The average molecular weight is 456 g/mol. The van der Waals surface area contributed by atoms with Crippen LogP contribution in [0.5, 0.6) is 0 Å². The van der Waals surface area contributed by atoms with Gasteiger partial charge in [-0.05, 0) is 80.8 Å². The lowest BCUT2D eigenvalue weighted by atomic mass is 9.92. The number of carbonyl (C=O) groups excluding carboxylic acids is 1. The van der Waals surface area contributed by atoms with Gasteiger partial charge in [-0.15, -0.1) is 0 Å². The second-order valence-corrected chi connectivity index (χ2v) is 11.1. The zero-order valence-electron chi connectivity index (χ0n) is 19.3. The average Bonchev–Trinajstić information content (AvgIpc) is 2.76. The van der Waals surface area contributed by atoms with Crippen LogP contribution in [0.1, 0.15) is 40.7 Å². The molecule has 1 aliphatic heterocycles. The van der Waals surface area contributed by atoms with Crippen molar-refractivity contribution in [2.24, 2.45) is 0 Å². The molecule has 2 aliphatic rings. The molecule has 7 heteroatoms. The number of benzene rings is 2. The molecule has 1 amide bonds. The van der Waals surface area contributed by atoms with Gasteiger partial charge in [0.15, 0.2) is 0 Å². The van der Waals surface area contributed by atoms with Crippen LogP contribution in [-0.4, -0.2) is 56.3 Å². The monoisotopic (exact) mass is 455 g/mol. The van der Waals surface area contributed by atoms with E-state index < -0.39 is 10.0 Å². The summed E-state index contributed by atoms with van der Waals surface area (Å²) in [4.78, 5) is 15.0. The molecule has 4 rings (SSSR count). The fraction of sp³-hybridized carbons (Fsp3) is 0.480. The van der Waals surface area contributed by atoms with Crippen LogP contribution in [0.4, 0.5) is 5.69 Å². The first-order chi connectivity index (χ1) is 15.2. The minimum atomic E-state index is -3.51. The molecule has 1 saturated heterocycles. The first-order valence-electron chi connectivity index (χ1n) is 11.5. The highest BCUT2D eigenvalue weighted by Gasteiger charge is 2.30. The van der Waals surface area contributed by atoms with E-state index in [0.29, 0.717) is 31.1 Å². The Labute approximate surface area is 191 Å². The highest BCUT2D eigenvalue weighted by molar-refractivity contribution is 7.89. The molecular weight excluding hydrogens is 422 g/mol. The van der Waals surface area contributed by atoms with Gasteiger partial charge in [-0.3, -0.25) is 9.69 Å². The van der Waals surface area contributed by atoms with E-state index in [1.807, 2.05) is 37.8 Å². The van der Waals surface area contributed by atoms with Crippen molar-refractivity contribution in [1.29, 1.82) is 0 Å². The summed E-state index contributed by atoms with van der Waals surface area (Å²) in [7, 11) is -3.51. The normalized spacial score (nSPS) is 17.7. The largest absolute Gasteiger partial charge is 0.324 e. The second-order valence-electron chi connectivity index (χ2n) is 9.14. The van der Waals surface area contributed by atoms with Gasteiger partial charge in [0.05, 0.1) is 11.4 Å². The Morgan fingerprint density at radius 1 is 0.906 bits per heavy atom. The first-order valence-corrected chi connectivity index (χ1v) is 12.9. The van der Waals surface area contributed by atoms with Crippen LogP contribution in [0.15, 0.2) is 35.2 Å². The topological polar surface area (TPSA) is 69.7 Å². The highest BCUT2D eigenvalue weighted by atomic mass is 32.2. The molecular formula is C25H33N3O3S. The maximum atomic E-state index is 13.2. The van der Waals surface area contributed by atoms with Crippen LogP contribution in [0.3, 0.4) is 0 Å². The number of piperazine rings is 1. The maximum absolute atomic E-state index is 13.2. The number of rotatable bonds is 5. The Morgan fingerprint density at radius 3 is 2.19 bits per heavy atom. The summed E-state index contributed by atoms with van der Waals surface area (Å²) < 4.78 is 27.9. The Bertz CT molecular complexity index is 1100. The lowest BCUT2D eigenvalue weighted by molar-refractivity contribution is -0.117. The van der Waals surface area contributed by atoms with Gasteiger partial charge in [0, 0.05) is 31.9 Å². The molecule has 172 valence electrons. The van der Waals surface area contributed by atoms with Gasteiger partial charge in [-0.25, -0.2) is 8.42 Å². The number of amides is 1. The van der Waals surface area contributed by atoms with E-state index in [-0.39, 0.29) is 12.5 Å². The molecule has 0 spiro atoms. The number of hydrogen-bond acceptors (Lipinski definition) is 4. The SMILES string of the molecule is Cc1cc(C)c(NC(=O)CN2CCN(S(=O)(=O)c3ccc4c(c3)CCCC4)CC2)c(C)c1. The summed E-state index contributed by atoms with van der Waals surface area (Å²) in [6, 6.07) is 9.73. The predicted octanol–water partition coefficient (Wildman–Crippen LogP) is 3.44. The Balaban J connectivity index is 1.35. The molecule has 2 aromatic rings. The molecule has 0 aromatic heterocycles. The summed E-state index contributed by atoms with van der Waals surface area (Å²) in [6.07, 6.45) is 4.30. The molecule has 1 heterocycles. The van der Waals surface area contributed by atoms with Crippen molar-refractivity contribution in [3.05, 3.63) is 58.1 Å². The quantitative estimate of drug-likeness (QED) is 0.750. The van der Waals surface area contributed by atoms with Crippen molar-refractivity contribution in [1.82, 2.24) is 9.21 Å². The number of nitrogens with zero attached hydrogens (tertiary/aromatic N) is 2. The fourth-order valence-electron chi connectivity index (χ4n) is 4.91. The van der Waals surface area contributed by atoms with Crippen molar-refractivity contribution in [2.45, 2.75) is 51.3 Å². The Kier molecular flexibility index (Phi) is 6.70. The Hall–Kier alpha value is -2.22. The summed E-state index contributed by atoms with van der Waals surface area (Å²) in [5, 5.41) is 3.04. The van der Waals surface area contributed by atoms with Crippen LogP contribution in [0.2, 0.25) is 0 Å². The second kappa shape index (κ2) is 9.33. The first kappa shape index (κ1) is 23.0. The smallest absolute Gasteiger partial charge is 0.243 e. The number of nitrogens with one attached hydrogen (secondary N) is 1. The molecule has 0 unspecified atom stereocenters. The van der Waals surface area contributed by atoms with Gasteiger partial charge in [0.25, 0.3) is 0 Å². The lowest BCUT2D eigenvalue weighted by Crippen LogP contribution is -2.50. The van der Waals surface area contributed by atoms with Crippen LogP contribution >= 0.6 is 0 Å². The number of anilines is 1. The standard InChI is InChI=1S/C25H33N3O3S/c1-18-14-19(2)25(20(3)15-18)26-24(29)17-27-10-12-28(13-11-27)32(30,31)23-9-8-21-6-4-5-7-22(21)16-23/h8-9,14-16H,4-7,10-13,17H2,1-3H3,(H,26,29). The third-order valence-corrected chi connectivity index (χ3v) is 8.49.